The Hall–Kier alpha value is -2.24. The first-order chi connectivity index (χ1) is 13.0. The first-order valence-electron chi connectivity index (χ1n) is 9.13. The van der Waals surface area contributed by atoms with Crippen LogP contribution in [0.1, 0.15) is 37.0 Å². The van der Waals surface area contributed by atoms with E-state index in [9.17, 15) is 4.79 Å². The van der Waals surface area contributed by atoms with Gasteiger partial charge in [-0.15, -0.1) is 0 Å². The summed E-state index contributed by atoms with van der Waals surface area (Å²) < 4.78 is 17.0. The SMILES string of the molecule is CC(C)Oc1ccc(C(=O)Nc2cc(Cl)ccc2OC[C@@H]2CCCO2)cc1. The normalized spacial score (nSPS) is 16.4. The van der Waals surface area contributed by atoms with Gasteiger partial charge < -0.3 is 19.5 Å². The van der Waals surface area contributed by atoms with Gasteiger partial charge in [-0.2, -0.15) is 0 Å². The first kappa shape index (κ1) is 19.5. The van der Waals surface area contributed by atoms with Gasteiger partial charge in [-0.1, -0.05) is 11.6 Å². The van der Waals surface area contributed by atoms with Crippen LogP contribution in [-0.4, -0.2) is 31.3 Å². The van der Waals surface area contributed by atoms with Crippen molar-refractivity contribution >= 4 is 23.2 Å². The average Bonchev–Trinajstić information content (AvgIpc) is 3.14. The van der Waals surface area contributed by atoms with Crippen molar-refractivity contribution in [2.45, 2.75) is 38.9 Å². The standard InChI is InChI=1S/C21H24ClNO4/c1-14(2)27-17-8-5-15(6-9-17)21(24)23-19-12-16(22)7-10-20(19)26-13-18-4-3-11-25-18/h5-10,12,14,18H,3-4,11,13H2,1-2H3,(H,23,24)/t18-/m0/s1. The number of amides is 1. The Balaban J connectivity index is 1.67. The van der Waals surface area contributed by atoms with E-state index in [0.717, 1.165) is 25.2 Å². The molecule has 1 aliphatic rings. The van der Waals surface area contributed by atoms with Gasteiger partial charge >= 0.3 is 0 Å². The molecule has 6 heteroatoms. The summed E-state index contributed by atoms with van der Waals surface area (Å²) in [5.74, 6) is 1.06. The number of hydrogen-bond donors (Lipinski definition) is 1. The highest BCUT2D eigenvalue weighted by atomic mass is 35.5. The first-order valence-corrected chi connectivity index (χ1v) is 9.51. The Labute approximate surface area is 164 Å². The maximum Gasteiger partial charge on any atom is 0.255 e. The number of hydrogen-bond acceptors (Lipinski definition) is 4. The quantitative estimate of drug-likeness (QED) is 0.728. The van der Waals surface area contributed by atoms with Crippen LogP contribution in [0, 0.1) is 0 Å². The van der Waals surface area contributed by atoms with Crippen LogP contribution in [0.2, 0.25) is 5.02 Å². The molecule has 1 N–H and O–H groups in total. The zero-order chi connectivity index (χ0) is 19.2. The average molecular weight is 390 g/mol. The molecule has 2 aromatic carbocycles. The lowest BCUT2D eigenvalue weighted by atomic mass is 10.2. The van der Waals surface area contributed by atoms with Gasteiger partial charge in [0.1, 0.15) is 18.1 Å². The number of nitrogens with one attached hydrogen (secondary N) is 1. The van der Waals surface area contributed by atoms with E-state index in [2.05, 4.69) is 5.32 Å². The van der Waals surface area contributed by atoms with Crippen molar-refractivity contribution in [1.29, 1.82) is 0 Å². The number of rotatable bonds is 7. The van der Waals surface area contributed by atoms with E-state index in [0.29, 0.717) is 28.6 Å². The summed E-state index contributed by atoms with van der Waals surface area (Å²) in [5.41, 5.74) is 1.06. The Morgan fingerprint density at radius 3 is 2.70 bits per heavy atom. The van der Waals surface area contributed by atoms with Gasteiger partial charge in [0.15, 0.2) is 0 Å². The number of halogens is 1. The minimum Gasteiger partial charge on any atom is -0.491 e. The number of carbonyl (C=O) groups excluding carboxylic acids is 1. The fourth-order valence-electron chi connectivity index (χ4n) is 2.84. The van der Waals surface area contributed by atoms with Crippen LogP contribution < -0.4 is 14.8 Å². The van der Waals surface area contributed by atoms with Gasteiger partial charge in [0.25, 0.3) is 5.91 Å². The van der Waals surface area contributed by atoms with Crippen molar-refractivity contribution in [1.82, 2.24) is 0 Å². The molecule has 0 saturated carbocycles. The molecule has 144 valence electrons. The highest BCUT2D eigenvalue weighted by molar-refractivity contribution is 6.31. The Morgan fingerprint density at radius 2 is 2.04 bits per heavy atom. The van der Waals surface area contributed by atoms with E-state index in [1.54, 1.807) is 42.5 Å². The zero-order valence-electron chi connectivity index (χ0n) is 15.5. The molecular weight excluding hydrogens is 366 g/mol. The molecular formula is C21H24ClNO4. The van der Waals surface area contributed by atoms with Gasteiger partial charge in [-0.3, -0.25) is 4.79 Å². The van der Waals surface area contributed by atoms with Crippen LogP contribution in [0.4, 0.5) is 5.69 Å². The van der Waals surface area contributed by atoms with Crippen LogP contribution in [0.5, 0.6) is 11.5 Å². The van der Waals surface area contributed by atoms with Crippen LogP contribution >= 0.6 is 11.6 Å². The van der Waals surface area contributed by atoms with E-state index in [1.165, 1.54) is 0 Å². The van der Waals surface area contributed by atoms with E-state index in [1.807, 2.05) is 13.8 Å². The number of benzene rings is 2. The summed E-state index contributed by atoms with van der Waals surface area (Å²) >= 11 is 6.09. The molecule has 0 aliphatic carbocycles. The predicted molar refractivity (Wildman–Crippen MR) is 106 cm³/mol. The molecule has 1 atom stereocenters. The van der Waals surface area contributed by atoms with Gasteiger partial charge in [0.2, 0.25) is 0 Å². The lowest BCUT2D eigenvalue weighted by Crippen LogP contribution is -2.18. The van der Waals surface area contributed by atoms with Gasteiger partial charge in [0.05, 0.1) is 17.9 Å². The van der Waals surface area contributed by atoms with Crippen molar-refractivity contribution in [2.24, 2.45) is 0 Å². The van der Waals surface area contributed by atoms with Crippen molar-refractivity contribution in [2.75, 3.05) is 18.5 Å². The van der Waals surface area contributed by atoms with Crippen LogP contribution in [0.25, 0.3) is 0 Å². The number of carbonyl (C=O) groups is 1. The minimum atomic E-state index is -0.240. The Kier molecular flexibility index (Phi) is 6.58. The molecule has 1 fully saturated rings. The van der Waals surface area contributed by atoms with Crippen LogP contribution in [0.3, 0.4) is 0 Å². The molecule has 1 heterocycles. The maximum atomic E-state index is 12.6. The molecule has 0 unspecified atom stereocenters. The molecule has 0 bridgehead atoms. The van der Waals surface area contributed by atoms with Crippen molar-refractivity contribution < 1.29 is 19.0 Å². The van der Waals surface area contributed by atoms with E-state index < -0.39 is 0 Å². The zero-order valence-corrected chi connectivity index (χ0v) is 16.3. The number of anilines is 1. The highest BCUT2D eigenvalue weighted by Crippen LogP contribution is 2.29. The summed E-state index contributed by atoms with van der Waals surface area (Å²) in [6.07, 6.45) is 2.21. The van der Waals surface area contributed by atoms with E-state index in [4.69, 9.17) is 25.8 Å². The molecule has 0 spiro atoms. The lowest BCUT2D eigenvalue weighted by Gasteiger charge is -2.16. The third-order valence-corrected chi connectivity index (χ3v) is 4.36. The van der Waals surface area contributed by atoms with Crippen molar-refractivity contribution in [3.05, 3.63) is 53.1 Å². The highest BCUT2D eigenvalue weighted by Gasteiger charge is 2.18. The van der Waals surface area contributed by atoms with E-state index >= 15 is 0 Å². The molecule has 1 saturated heterocycles. The molecule has 5 nitrogen and oxygen atoms in total. The second-order valence-electron chi connectivity index (χ2n) is 6.73. The summed E-state index contributed by atoms with van der Waals surface area (Å²) in [6.45, 7) is 5.14. The molecule has 27 heavy (non-hydrogen) atoms. The second kappa shape index (κ2) is 9.11. The molecule has 1 aliphatic heterocycles. The fraction of sp³-hybridized carbons (Fsp3) is 0.381. The van der Waals surface area contributed by atoms with Gasteiger partial charge in [-0.25, -0.2) is 0 Å². The molecule has 0 radical (unpaired) electrons. The second-order valence-corrected chi connectivity index (χ2v) is 7.17. The summed E-state index contributed by atoms with van der Waals surface area (Å²) in [7, 11) is 0. The maximum absolute atomic E-state index is 12.6. The van der Waals surface area contributed by atoms with Gasteiger partial charge in [-0.05, 0) is 69.2 Å². The van der Waals surface area contributed by atoms with Crippen molar-refractivity contribution in [3.8, 4) is 11.5 Å². The molecule has 0 aromatic heterocycles. The minimum absolute atomic E-state index is 0.0830. The largest absolute Gasteiger partial charge is 0.491 e. The molecule has 2 aromatic rings. The summed E-state index contributed by atoms with van der Waals surface area (Å²) in [5, 5.41) is 3.40. The molecule has 1 amide bonds. The topological polar surface area (TPSA) is 56.8 Å². The Bertz CT molecular complexity index is 770. The summed E-state index contributed by atoms with van der Waals surface area (Å²) in [6, 6.07) is 12.2. The number of ether oxygens (including phenoxy) is 3. The molecule has 3 rings (SSSR count). The van der Waals surface area contributed by atoms with Crippen LogP contribution in [-0.2, 0) is 4.74 Å². The predicted octanol–water partition coefficient (Wildman–Crippen LogP) is 4.94. The summed E-state index contributed by atoms with van der Waals surface area (Å²) in [4.78, 5) is 12.6. The smallest absolute Gasteiger partial charge is 0.255 e. The monoisotopic (exact) mass is 389 g/mol. The fourth-order valence-corrected chi connectivity index (χ4v) is 3.01. The van der Waals surface area contributed by atoms with Crippen LogP contribution in [0.15, 0.2) is 42.5 Å². The lowest BCUT2D eigenvalue weighted by molar-refractivity contribution is 0.0682. The Morgan fingerprint density at radius 1 is 1.26 bits per heavy atom. The van der Waals surface area contributed by atoms with Gasteiger partial charge in [0, 0.05) is 17.2 Å². The third-order valence-electron chi connectivity index (χ3n) is 4.13. The van der Waals surface area contributed by atoms with E-state index in [-0.39, 0.29) is 18.1 Å². The third kappa shape index (κ3) is 5.62. The van der Waals surface area contributed by atoms with Crippen molar-refractivity contribution in [3.63, 3.8) is 0 Å².